The van der Waals surface area contributed by atoms with Crippen molar-refractivity contribution in [3.8, 4) is 66.8 Å². The van der Waals surface area contributed by atoms with E-state index in [0.717, 1.165) is 0 Å². The summed E-state index contributed by atoms with van der Waals surface area (Å²) < 4.78 is 0. The van der Waals surface area contributed by atoms with Crippen molar-refractivity contribution < 1.29 is 0 Å². The number of hydrogen-bond donors (Lipinski definition) is 0. The molecule has 0 radical (unpaired) electrons. The molecule has 0 amide bonds. The van der Waals surface area contributed by atoms with Crippen molar-refractivity contribution in [2.24, 2.45) is 0 Å². The van der Waals surface area contributed by atoms with Gasteiger partial charge in [0.25, 0.3) is 0 Å². The molecule has 2 aliphatic carbocycles. The molecule has 1 aliphatic heterocycles. The molecule has 300 valence electrons. The van der Waals surface area contributed by atoms with Gasteiger partial charge in [0.15, 0.2) is 0 Å². The molecule has 0 fully saturated rings. The maximum atomic E-state index is 2.65. The minimum atomic E-state index is -2.17. The van der Waals surface area contributed by atoms with Crippen LogP contribution in [0.1, 0.15) is 49.9 Å². The second kappa shape index (κ2) is 12.7. The standard InChI is InChI=1S/C62H48Si/c1-61(2)53-24-13-11-19-43(53)45-29-27-39(32-55(45)61)59-48-21-9-10-22-49(48)60(40-28-30-46-44-20-12-14-25-54(44)62(3,4)56(46)33-40)52-36-58-50(35-51(52)59)47-31-26-38(34-57(47)63(58,5)6)42-23-15-17-37-16-7-8-18-41(37)42/h7-36H,1-6H3. The van der Waals surface area contributed by atoms with Crippen LogP contribution in [0.4, 0.5) is 0 Å². The molecule has 13 rings (SSSR count). The van der Waals surface area contributed by atoms with Crippen LogP contribution in [-0.4, -0.2) is 8.07 Å². The van der Waals surface area contributed by atoms with Gasteiger partial charge in [0.1, 0.15) is 8.07 Å². The molecule has 0 unspecified atom stereocenters. The van der Waals surface area contributed by atoms with Crippen LogP contribution in [0.25, 0.3) is 99.1 Å². The SMILES string of the molecule is CC1(C)c2ccccc2-c2ccc(-c3c4ccccc4c(-c4ccc5c(c4)C(C)(C)c4ccccc4-5)c4cc5c(cc34)-c3ccc(-c4cccc6ccccc46)cc3[Si]5(C)C)cc21. The van der Waals surface area contributed by atoms with Gasteiger partial charge >= 0.3 is 0 Å². The summed E-state index contributed by atoms with van der Waals surface area (Å²) in [5.41, 5.74) is 21.5. The molecule has 0 saturated carbocycles. The summed E-state index contributed by atoms with van der Waals surface area (Å²) in [4.78, 5) is 0. The van der Waals surface area contributed by atoms with Crippen LogP contribution < -0.4 is 10.4 Å². The van der Waals surface area contributed by atoms with Gasteiger partial charge in [0, 0.05) is 10.8 Å². The molecule has 0 N–H and O–H groups in total. The van der Waals surface area contributed by atoms with Crippen molar-refractivity contribution in [1.82, 2.24) is 0 Å². The highest BCUT2D eigenvalue weighted by molar-refractivity contribution is 7.04. The van der Waals surface area contributed by atoms with E-state index in [4.69, 9.17) is 0 Å². The fourth-order valence-electron chi connectivity index (χ4n) is 12.4. The molecule has 1 heteroatoms. The van der Waals surface area contributed by atoms with E-state index in [1.807, 2.05) is 0 Å². The van der Waals surface area contributed by atoms with Crippen LogP contribution >= 0.6 is 0 Å². The zero-order valence-electron chi connectivity index (χ0n) is 36.8. The van der Waals surface area contributed by atoms with Crippen LogP contribution in [-0.2, 0) is 10.8 Å². The van der Waals surface area contributed by atoms with Gasteiger partial charge in [0.05, 0.1) is 0 Å². The summed E-state index contributed by atoms with van der Waals surface area (Å²) in [6.07, 6.45) is 0. The Bertz CT molecular complexity index is 3650. The van der Waals surface area contributed by atoms with Crippen molar-refractivity contribution in [3.63, 3.8) is 0 Å². The lowest BCUT2D eigenvalue weighted by Crippen LogP contribution is -2.49. The van der Waals surface area contributed by atoms with Gasteiger partial charge < -0.3 is 0 Å². The van der Waals surface area contributed by atoms with E-state index in [0.29, 0.717) is 0 Å². The van der Waals surface area contributed by atoms with E-state index in [1.54, 1.807) is 0 Å². The predicted octanol–water partition coefficient (Wildman–Crippen LogP) is 15.6. The van der Waals surface area contributed by atoms with Gasteiger partial charge in [-0.15, -0.1) is 0 Å². The third kappa shape index (κ3) is 4.92. The highest BCUT2D eigenvalue weighted by Crippen LogP contribution is 2.54. The Hall–Kier alpha value is -6.80. The fraction of sp³-hybridized carbons (Fsp3) is 0.129. The molecule has 1 heterocycles. The molecule has 0 aromatic heterocycles. The van der Waals surface area contributed by atoms with Crippen LogP contribution in [0, 0.1) is 0 Å². The first-order valence-corrected chi connectivity index (χ1v) is 25.7. The van der Waals surface area contributed by atoms with Crippen LogP contribution in [0.15, 0.2) is 182 Å². The number of fused-ring (bicyclic) bond motifs is 12. The summed E-state index contributed by atoms with van der Waals surface area (Å²) in [7, 11) is -2.17. The molecule has 0 spiro atoms. The number of hydrogen-bond acceptors (Lipinski definition) is 0. The molecule has 10 aromatic carbocycles. The average Bonchev–Trinajstić information content (AvgIpc) is 3.78. The highest BCUT2D eigenvalue weighted by Gasteiger charge is 2.40. The monoisotopic (exact) mass is 820 g/mol. The smallest absolute Gasteiger partial charge is 0.0619 e. The van der Waals surface area contributed by atoms with Gasteiger partial charge in [-0.05, 0) is 150 Å². The Morgan fingerprint density at radius 1 is 0.302 bits per heavy atom. The zero-order valence-corrected chi connectivity index (χ0v) is 37.8. The molecule has 0 atom stereocenters. The summed E-state index contributed by atoms with van der Waals surface area (Å²) in [6, 6.07) is 70.1. The van der Waals surface area contributed by atoms with Crippen LogP contribution in [0.2, 0.25) is 13.1 Å². The fourth-order valence-corrected chi connectivity index (χ4v) is 15.5. The molecular formula is C62H48Si. The second-order valence-corrected chi connectivity index (χ2v) is 24.3. The van der Waals surface area contributed by atoms with E-state index in [-0.39, 0.29) is 10.8 Å². The predicted molar refractivity (Wildman–Crippen MR) is 273 cm³/mol. The Kier molecular flexibility index (Phi) is 7.39. The molecule has 0 nitrogen and oxygen atoms in total. The van der Waals surface area contributed by atoms with Crippen LogP contribution in [0.5, 0.6) is 0 Å². The maximum Gasteiger partial charge on any atom is 0.113 e. The largest absolute Gasteiger partial charge is 0.113 e. The Balaban J connectivity index is 1.10. The van der Waals surface area contributed by atoms with Gasteiger partial charge in [-0.25, -0.2) is 0 Å². The molecule has 3 aliphatic rings. The van der Waals surface area contributed by atoms with Crippen molar-refractivity contribution in [2.45, 2.75) is 51.6 Å². The number of benzene rings is 10. The zero-order chi connectivity index (χ0) is 42.6. The lowest BCUT2D eigenvalue weighted by Gasteiger charge is -2.25. The Morgan fingerprint density at radius 3 is 1.37 bits per heavy atom. The minimum absolute atomic E-state index is 0.0954. The lowest BCUT2D eigenvalue weighted by molar-refractivity contribution is 0.660. The molecule has 10 aromatic rings. The van der Waals surface area contributed by atoms with Crippen LogP contribution in [0.3, 0.4) is 0 Å². The first-order valence-electron chi connectivity index (χ1n) is 22.7. The number of rotatable bonds is 3. The normalized spacial score (nSPS) is 15.5. The minimum Gasteiger partial charge on any atom is -0.0619 e. The van der Waals surface area contributed by atoms with Gasteiger partial charge in [-0.3, -0.25) is 0 Å². The van der Waals surface area contributed by atoms with Crippen molar-refractivity contribution in [3.05, 3.63) is 204 Å². The maximum absolute atomic E-state index is 2.65. The third-order valence-corrected chi connectivity index (χ3v) is 19.2. The Labute approximate surface area is 371 Å². The quantitative estimate of drug-likeness (QED) is 0.123. The van der Waals surface area contributed by atoms with Gasteiger partial charge in [-0.2, -0.15) is 0 Å². The summed E-state index contributed by atoms with van der Waals surface area (Å²) in [5, 5.41) is 10.9. The van der Waals surface area contributed by atoms with Crippen molar-refractivity contribution >= 4 is 50.8 Å². The summed E-state index contributed by atoms with van der Waals surface area (Å²) in [6.45, 7) is 14.8. The van der Waals surface area contributed by atoms with E-state index in [9.17, 15) is 0 Å². The average molecular weight is 821 g/mol. The lowest BCUT2D eigenvalue weighted by atomic mass is 9.79. The molecule has 0 saturated heterocycles. The Morgan fingerprint density at radius 2 is 0.746 bits per heavy atom. The second-order valence-electron chi connectivity index (χ2n) is 20.0. The van der Waals surface area contributed by atoms with E-state index in [2.05, 4.69) is 223 Å². The topological polar surface area (TPSA) is 0 Å². The summed E-state index contributed by atoms with van der Waals surface area (Å²) >= 11 is 0. The molecule has 0 bridgehead atoms. The molecular weight excluding hydrogens is 773 g/mol. The first-order chi connectivity index (χ1) is 30.5. The van der Waals surface area contributed by atoms with Crippen molar-refractivity contribution in [1.29, 1.82) is 0 Å². The van der Waals surface area contributed by atoms with Crippen molar-refractivity contribution in [2.75, 3.05) is 0 Å². The van der Waals surface area contributed by atoms with E-state index in [1.165, 1.54) is 132 Å². The highest BCUT2D eigenvalue weighted by atomic mass is 28.3. The van der Waals surface area contributed by atoms with E-state index < -0.39 is 8.07 Å². The molecule has 63 heavy (non-hydrogen) atoms. The van der Waals surface area contributed by atoms with E-state index >= 15 is 0 Å². The summed E-state index contributed by atoms with van der Waals surface area (Å²) in [5.74, 6) is 0. The first kappa shape index (κ1) is 36.8. The third-order valence-electron chi connectivity index (χ3n) is 15.7. The van der Waals surface area contributed by atoms with Gasteiger partial charge in [0.2, 0.25) is 0 Å². The van der Waals surface area contributed by atoms with Gasteiger partial charge in [-0.1, -0.05) is 205 Å².